The molecule has 88 valence electrons. The van der Waals surface area contributed by atoms with Crippen molar-refractivity contribution in [2.24, 2.45) is 0 Å². The Kier molecular flexibility index (Phi) is 6.81. The molecule has 0 saturated heterocycles. The minimum Gasteiger partial charge on any atom is -0.494 e. The quantitative estimate of drug-likeness (QED) is 0.533. The van der Waals surface area contributed by atoms with Crippen LogP contribution in [0.1, 0.15) is 0 Å². The van der Waals surface area contributed by atoms with Gasteiger partial charge in [-0.05, 0) is 59.9 Å². The summed E-state index contributed by atoms with van der Waals surface area (Å²) in [4.78, 5) is 1.09. The Morgan fingerprint density at radius 3 is 2.69 bits per heavy atom. The van der Waals surface area contributed by atoms with Gasteiger partial charge in [-0.15, -0.1) is 11.8 Å². The highest BCUT2D eigenvalue weighted by molar-refractivity contribution is 9.28. The van der Waals surface area contributed by atoms with Gasteiger partial charge in [0.1, 0.15) is 0 Å². The molecule has 0 radical (unpaired) electrons. The van der Waals surface area contributed by atoms with Gasteiger partial charge in [-0.3, -0.25) is 0 Å². The van der Waals surface area contributed by atoms with Crippen LogP contribution in [0.5, 0.6) is 5.75 Å². The minimum absolute atomic E-state index is 0.612. The molecule has 0 bridgehead atoms. The molecule has 1 aromatic rings. The third kappa shape index (κ3) is 4.61. The van der Waals surface area contributed by atoms with Crippen molar-refractivity contribution in [3.63, 3.8) is 0 Å². The van der Waals surface area contributed by atoms with E-state index in [1.54, 1.807) is 18.9 Å². The summed E-state index contributed by atoms with van der Waals surface area (Å²) in [5.74, 6) is 1.53. The molecule has 1 rings (SSSR count). The van der Waals surface area contributed by atoms with Crippen molar-refractivity contribution in [2.75, 3.05) is 12.9 Å². The molecule has 0 saturated carbocycles. The van der Waals surface area contributed by atoms with Gasteiger partial charge in [0.15, 0.2) is 5.75 Å². The highest BCUT2D eigenvalue weighted by atomic mass is 79.9. The molecule has 0 spiro atoms. The fourth-order valence-electron chi connectivity index (χ4n) is 1.02. The van der Waals surface area contributed by atoms with Crippen molar-refractivity contribution in [3.8, 4) is 5.75 Å². The van der Waals surface area contributed by atoms with Crippen LogP contribution in [0.2, 0.25) is 5.02 Å². The summed E-state index contributed by atoms with van der Waals surface area (Å²) in [7, 11) is 1.60. The van der Waals surface area contributed by atoms with Crippen LogP contribution >= 0.6 is 71.2 Å². The zero-order valence-corrected chi connectivity index (χ0v) is 14.6. The van der Waals surface area contributed by atoms with Gasteiger partial charge in [-0.1, -0.05) is 17.7 Å². The maximum atomic E-state index is 6.07. The first-order chi connectivity index (χ1) is 7.54. The van der Waals surface area contributed by atoms with Gasteiger partial charge in [-0.2, -0.15) is 0 Å². The van der Waals surface area contributed by atoms with Crippen LogP contribution in [0.3, 0.4) is 0 Å². The van der Waals surface area contributed by atoms with Gasteiger partial charge in [0.05, 0.1) is 20.0 Å². The van der Waals surface area contributed by atoms with E-state index in [4.69, 9.17) is 16.3 Å². The standard InChI is InChI=1S/C10H8Br3ClOS/c1-15-10-7(11)4-6(5-8(10)14)16-3-2-9(12)13/h2,4-5H,3H2,1H3. The van der Waals surface area contributed by atoms with E-state index >= 15 is 0 Å². The maximum absolute atomic E-state index is 6.07. The highest BCUT2D eigenvalue weighted by Gasteiger charge is 2.07. The first-order valence-electron chi connectivity index (χ1n) is 4.21. The molecule has 16 heavy (non-hydrogen) atoms. The number of ether oxygens (including phenoxy) is 1. The summed E-state index contributed by atoms with van der Waals surface area (Å²) >= 11 is 17.8. The number of thioether (sulfide) groups is 1. The van der Waals surface area contributed by atoms with Crippen molar-refractivity contribution in [1.29, 1.82) is 0 Å². The second-order valence-electron chi connectivity index (χ2n) is 2.72. The van der Waals surface area contributed by atoms with E-state index in [0.29, 0.717) is 10.8 Å². The van der Waals surface area contributed by atoms with Crippen molar-refractivity contribution < 1.29 is 4.74 Å². The Labute approximate surface area is 129 Å². The SMILES string of the molecule is COc1c(Cl)cc(SCC=C(Br)Br)cc1Br. The number of methoxy groups -OCH3 is 1. The van der Waals surface area contributed by atoms with E-state index in [0.717, 1.165) is 18.5 Å². The van der Waals surface area contributed by atoms with Crippen LogP contribution in [0, 0.1) is 0 Å². The Balaban J connectivity index is 2.80. The number of hydrogen-bond acceptors (Lipinski definition) is 2. The predicted octanol–water partition coefficient (Wildman–Crippen LogP) is 5.83. The number of rotatable bonds is 4. The molecule has 0 aliphatic carbocycles. The normalized spacial score (nSPS) is 10.1. The smallest absolute Gasteiger partial charge is 0.151 e. The van der Waals surface area contributed by atoms with Gasteiger partial charge in [-0.25, -0.2) is 0 Å². The summed E-state index contributed by atoms with van der Waals surface area (Å²) in [6, 6.07) is 3.89. The lowest BCUT2D eigenvalue weighted by Gasteiger charge is -2.07. The molecule has 0 unspecified atom stereocenters. The Hall–Kier alpha value is 0.840. The van der Waals surface area contributed by atoms with Crippen molar-refractivity contribution in [3.05, 3.63) is 31.1 Å². The molecular weight excluding hydrogens is 443 g/mol. The number of hydrogen-bond donors (Lipinski definition) is 0. The van der Waals surface area contributed by atoms with E-state index in [1.165, 1.54) is 0 Å². The second-order valence-corrected chi connectivity index (χ2v) is 7.85. The Bertz CT molecular complexity index is 382. The molecule has 0 fully saturated rings. The van der Waals surface area contributed by atoms with Crippen LogP contribution in [-0.2, 0) is 0 Å². The molecule has 0 heterocycles. The van der Waals surface area contributed by atoms with Crippen LogP contribution < -0.4 is 4.74 Å². The fraction of sp³-hybridized carbons (Fsp3) is 0.200. The highest BCUT2D eigenvalue weighted by Crippen LogP contribution is 2.37. The summed E-state index contributed by atoms with van der Waals surface area (Å²) < 4.78 is 6.98. The van der Waals surface area contributed by atoms with E-state index < -0.39 is 0 Å². The second kappa shape index (κ2) is 7.31. The van der Waals surface area contributed by atoms with Gasteiger partial charge in [0, 0.05) is 10.6 Å². The van der Waals surface area contributed by atoms with Crippen molar-refractivity contribution >= 4 is 71.2 Å². The van der Waals surface area contributed by atoms with Crippen LogP contribution in [-0.4, -0.2) is 12.9 Å². The van der Waals surface area contributed by atoms with Crippen molar-refractivity contribution in [1.82, 2.24) is 0 Å². The van der Waals surface area contributed by atoms with Gasteiger partial charge in [0.2, 0.25) is 0 Å². The van der Waals surface area contributed by atoms with Crippen molar-refractivity contribution in [2.45, 2.75) is 4.90 Å². The first-order valence-corrected chi connectivity index (χ1v) is 7.96. The molecule has 0 N–H and O–H groups in total. The topological polar surface area (TPSA) is 9.23 Å². The lowest BCUT2D eigenvalue weighted by Crippen LogP contribution is -1.86. The van der Waals surface area contributed by atoms with E-state index in [2.05, 4.69) is 47.8 Å². The molecule has 0 amide bonds. The molecule has 1 nitrogen and oxygen atoms in total. The first kappa shape index (κ1) is 14.9. The minimum atomic E-state index is 0.612. The van der Waals surface area contributed by atoms with E-state index in [-0.39, 0.29) is 0 Å². The molecule has 1 aromatic carbocycles. The monoisotopic (exact) mass is 448 g/mol. The molecular formula is C10H8Br3ClOS. The average molecular weight is 451 g/mol. The average Bonchev–Trinajstić information content (AvgIpc) is 2.16. The third-order valence-corrected chi connectivity index (χ3v) is 4.08. The molecule has 0 aliphatic heterocycles. The molecule has 6 heteroatoms. The lowest BCUT2D eigenvalue weighted by atomic mass is 10.3. The third-order valence-electron chi connectivity index (χ3n) is 1.66. The lowest BCUT2D eigenvalue weighted by molar-refractivity contribution is 0.412. The summed E-state index contributed by atoms with van der Waals surface area (Å²) in [6.45, 7) is 0. The van der Waals surface area contributed by atoms with Crippen LogP contribution in [0.4, 0.5) is 0 Å². The summed E-state index contributed by atoms with van der Waals surface area (Å²) in [6.07, 6.45) is 2.02. The largest absolute Gasteiger partial charge is 0.494 e. The Morgan fingerprint density at radius 1 is 1.50 bits per heavy atom. The maximum Gasteiger partial charge on any atom is 0.151 e. The van der Waals surface area contributed by atoms with Gasteiger partial charge in [0.25, 0.3) is 0 Å². The fourth-order valence-corrected chi connectivity index (χ4v) is 3.86. The van der Waals surface area contributed by atoms with Gasteiger partial charge < -0.3 is 4.74 Å². The molecule has 0 aliphatic rings. The Morgan fingerprint density at radius 2 is 2.19 bits per heavy atom. The van der Waals surface area contributed by atoms with E-state index in [9.17, 15) is 0 Å². The van der Waals surface area contributed by atoms with Crippen LogP contribution in [0.25, 0.3) is 0 Å². The number of benzene rings is 1. The zero-order chi connectivity index (χ0) is 12.1. The predicted molar refractivity (Wildman–Crippen MR) is 82.4 cm³/mol. The molecule has 0 atom stereocenters. The van der Waals surface area contributed by atoms with Crippen LogP contribution in [0.15, 0.2) is 31.0 Å². The number of halogens is 4. The zero-order valence-electron chi connectivity index (χ0n) is 8.27. The van der Waals surface area contributed by atoms with E-state index in [1.807, 2.05) is 18.2 Å². The summed E-state index contributed by atoms with van der Waals surface area (Å²) in [5, 5.41) is 0.612. The van der Waals surface area contributed by atoms with Gasteiger partial charge >= 0.3 is 0 Å². The summed E-state index contributed by atoms with van der Waals surface area (Å²) in [5.41, 5.74) is 0. The molecule has 0 aromatic heterocycles.